The zero-order valence-corrected chi connectivity index (χ0v) is 40.7. The number of hydrogen-bond donors (Lipinski definition) is 3. The number of carbonyl (C=O) groups excluding carboxylic acids is 1. The highest BCUT2D eigenvalue weighted by molar-refractivity contribution is 8.26. The van der Waals surface area contributed by atoms with Gasteiger partial charge in [0.1, 0.15) is 33.9 Å². The van der Waals surface area contributed by atoms with E-state index >= 15 is 0 Å². The number of aromatic nitrogens is 6. The van der Waals surface area contributed by atoms with Crippen LogP contribution in [0.5, 0.6) is 0 Å². The van der Waals surface area contributed by atoms with Gasteiger partial charge in [0.25, 0.3) is 5.91 Å². The number of carboxylic acids is 1. The zero-order valence-electron chi connectivity index (χ0n) is 36.8. The minimum absolute atomic E-state index is 0.00975. The fourth-order valence-electron chi connectivity index (χ4n) is 6.20. The first-order chi connectivity index (χ1) is 34.3. The Morgan fingerprint density at radius 1 is 0.653 bits per heavy atom. The number of halogens is 20. The van der Waals surface area contributed by atoms with E-state index in [0.29, 0.717) is 13.1 Å². The molecule has 8 rings (SSSR count). The molecule has 2 aliphatic rings. The molecular formula is C40H28Cl4F16N8O6S. The summed E-state index contributed by atoms with van der Waals surface area (Å²) in [5.74, 6) is -15.3. The Hall–Kier alpha value is -5.63. The Balaban J connectivity index is 0.000000242. The van der Waals surface area contributed by atoms with Crippen molar-refractivity contribution in [1.29, 1.82) is 0 Å². The van der Waals surface area contributed by atoms with E-state index in [2.05, 4.69) is 47.2 Å². The highest BCUT2D eigenvalue weighted by Gasteiger charge is 2.65. The van der Waals surface area contributed by atoms with E-state index in [1.807, 2.05) is 0 Å². The Labute approximate surface area is 429 Å². The Morgan fingerprint density at radius 2 is 1.00 bits per heavy atom. The molecule has 2 aromatic carbocycles. The van der Waals surface area contributed by atoms with E-state index in [1.54, 1.807) is 0 Å². The molecule has 0 saturated heterocycles. The number of carboxylic acid groups (broad SMARTS) is 1. The molecule has 0 bridgehead atoms. The molecule has 0 aliphatic heterocycles. The van der Waals surface area contributed by atoms with Gasteiger partial charge in [-0.25, -0.2) is 9.00 Å². The first-order valence-electron chi connectivity index (χ1n) is 20.1. The first kappa shape index (κ1) is 60.2. The average Bonchev–Trinajstić information content (AvgIpc) is 3.99. The fraction of sp³-hybridized carbons (Fsp3) is 0.350. The van der Waals surface area contributed by atoms with Crippen molar-refractivity contribution in [3.05, 3.63) is 92.2 Å². The van der Waals surface area contributed by atoms with Gasteiger partial charge in [0.2, 0.25) is 9.23 Å². The largest absolute Gasteiger partial charge is 0.478 e. The summed E-state index contributed by atoms with van der Waals surface area (Å²) in [6.07, 6.45) is -19.9. The monoisotopic (exact) mass is 1190 g/mol. The van der Waals surface area contributed by atoms with Gasteiger partial charge in [-0.3, -0.25) is 14.2 Å². The van der Waals surface area contributed by atoms with Gasteiger partial charge < -0.3 is 25.2 Å². The number of carbonyl (C=O) groups is 2. The Morgan fingerprint density at radius 3 is 1.31 bits per heavy atom. The van der Waals surface area contributed by atoms with Crippen LogP contribution in [-0.4, -0.2) is 75.5 Å². The van der Waals surface area contributed by atoms with Crippen LogP contribution >= 0.6 is 44.6 Å². The number of alkyl halides is 16. The standard InChI is InChI=1S/C20H13ClF8N4O2.C17H8ClF8N3O3.C3H7N.Cl2OS/c1-33-15(14(19(24,25)26)16(31-33)18(22,23)20(27,28)29)13-7-12(32-35-13)8-2-5-11(21)10(6-8)17(34)30-9-3-4-9;1-29-12(11(16(21,22)23)13(27-29)15(19,20)17(24,25)26)10-5-9(28-32-10)6-2-3-8(18)7(4-6)14(30)31;4-3-1-2-3;1-4(2)3/h2,5-7,9H,3-4H2,1H3,(H,30,34);2-5H,1H3,(H,30,31);3H,1-2,4H2;. The highest BCUT2D eigenvalue weighted by Crippen LogP contribution is 2.52. The van der Waals surface area contributed by atoms with E-state index in [-0.39, 0.29) is 59.1 Å². The summed E-state index contributed by atoms with van der Waals surface area (Å²) in [5.41, 5.74) is -7.45. The van der Waals surface area contributed by atoms with E-state index in [0.717, 1.165) is 44.2 Å². The van der Waals surface area contributed by atoms with Crippen LogP contribution in [0.3, 0.4) is 0 Å². The van der Waals surface area contributed by atoms with E-state index in [9.17, 15) is 79.8 Å². The molecule has 4 aromatic heterocycles. The highest BCUT2D eigenvalue weighted by atomic mass is 36.0. The van der Waals surface area contributed by atoms with Gasteiger partial charge in [0.15, 0.2) is 22.9 Å². The molecule has 4 N–H and O–H groups in total. The molecular weight excluding hydrogens is 1170 g/mol. The molecule has 2 saturated carbocycles. The molecule has 75 heavy (non-hydrogen) atoms. The maximum atomic E-state index is 13.9. The minimum atomic E-state index is -6.35. The van der Waals surface area contributed by atoms with Gasteiger partial charge in [0.05, 0.1) is 21.2 Å². The molecule has 0 radical (unpaired) electrons. The number of benzene rings is 2. The van der Waals surface area contributed by atoms with Crippen LogP contribution in [-0.2, 0) is 47.5 Å². The summed E-state index contributed by atoms with van der Waals surface area (Å²) in [4.78, 5) is 23.5. The molecule has 0 unspecified atom stereocenters. The van der Waals surface area contributed by atoms with E-state index in [4.69, 9.17) is 47.3 Å². The predicted molar refractivity (Wildman–Crippen MR) is 233 cm³/mol. The van der Waals surface area contributed by atoms with Gasteiger partial charge in [-0.2, -0.15) is 80.4 Å². The summed E-state index contributed by atoms with van der Waals surface area (Å²) in [5, 5.41) is 24.4. The van der Waals surface area contributed by atoms with E-state index in [1.165, 1.54) is 37.1 Å². The fourth-order valence-corrected chi connectivity index (χ4v) is 6.60. The molecule has 0 spiro atoms. The third-order valence-corrected chi connectivity index (χ3v) is 10.6. The quantitative estimate of drug-likeness (QED) is 0.0920. The predicted octanol–water partition coefficient (Wildman–Crippen LogP) is 12.9. The molecule has 6 aromatic rings. The third kappa shape index (κ3) is 14.1. The summed E-state index contributed by atoms with van der Waals surface area (Å²) in [6, 6.07) is 9.70. The third-order valence-electron chi connectivity index (χ3n) is 9.99. The van der Waals surface area contributed by atoms with Crippen molar-refractivity contribution in [2.24, 2.45) is 19.8 Å². The SMILES string of the molecule is Cn1nc(C(F)(F)C(F)(F)F)c(C(F)(F)F)c1-c1cc(-c2ccc(Cl)c(C(=O)NC3CC3)c2)no1.Cn1nc(C(F)(F)C(F)(F)F)c(C(F)(F)F)c1-c1cc(-c2ccc(Cl)c(C(=O)O)c2)no1.NC1CC1.O=S(Cl)Cl. The number of rotatable bonds is 9. The number of aryl methyl sites for hydroxylation is 2. The number of aromatic carboxylic acids is 1. The van der Waals surface area contributed by atoms with Crippen LogP contribution in [0.2, 0.25) is 10.0 Å². The molecule has 14 nitrogen and oxygen atoms in total. The van der Waals surface area contributed by atoms with Crippen molar-refractivity contribution >= 4 is 65.7 Å². The number of hydrogen-bond acceptors (Lipinski definition) is 10. The lowest BCUT2D eigenvalue weighted by Crippen LogP contribution is -2.36. The van der Waals surface area contributed by atoms with Gasteiger partial charge in [-0.15, -0.1) is 0 Å². The molecule has 0 atom stereocenters. The average molecular weight is 1190 g/mol. The topological polar surface area (TPSA) is 197 Å². The minimum Gasteiger partial charge on any atom is -0.478 e. The van der Waals surface area contributed by atoms with E-state index < -0.39 is 103 Å². The van der Waals surface area contributed by atoms with Gasteiger partial charge in [-0.05, 0) is 49.9 Å². The molecule has 2 fully saturated rings. The maximum Gasteiger partial charge on any atom is 0.459 e. The Bertz CT molecular complexity index is 3090. The van der Waals surface area contributed by atoms with Gasteiger partial charge in [-0.1, -0.05) is 45.6 Å². The number of nitrogens with two attached hydrogens (primary N) is 1. The van der Waals surface area contributed by atoms with Crippen LogP contribution in [0.1, 0.15) is 68.9 Å². The van der Waals surface area contributed by atoms with Crippen molar-refractivity contribution in [3.8, 4) is 45.4 Å². The first-order valence-corrected chi connectivity index (χ1v) is 23.6. The lowest BCUT2D eigenvalue weighted by Gasteiger charge is -2.19. The molecule has 1 amide bonds. The summed E-state index contributed by atoms with van der Waals surface area (Å²) in [7, 11) is 8.83. The smallest absolute Gasteiger partial charge is 0.459 e. The number of amides is 1. The summed E-state index contributed by atoms with van der Waals surface area (Å²) < 4.78 is 233. The molecule has 4 heterocycles. The second-order valence-electron chi connectivity index (χ2n) is 15.6. The van der Waals surface area contributed by atoms with Crippen molar-refractivity contribution in [3.63, 3.8) is 0 Å². The number of nitrogens with zero attached hydrogens (tertiary/aromatic N) is 6. The number of nitrogens with one attached hydrogen (secondary N) is 1. The lowest BCUT2D eigenvalue weighted by atomic mass is 10.0. The summed E-state index contributed by atoms with van der Waals surface area (Å²) in [6.45, 7) is 0. The molecule has 410 valence electrons. The van der Waals surface area contributed by atoms with Crippen LogP contribution < -0.4 is 11.1 Å². The normalized spacial score (nSPS) is 14.3. The Kier molecular flexibility index (Phi) is 17.8. The molecule has 2 aliphatic carbocycles. The van der Waals surface area contributed by atoms with Crippen molar-refractivity contribution < 1.29 is 98.2 Å². The van der Waals surface area contributed by atoms with Crippen molar-refractivity contribution in [1.82, 2.24) is 35.2 Å². The summed E-state index contributed by atoms with van der Waals surface area (Å²) >= 11 is 11.8. The van der Waals surface area contributed by atoms with Crippen LogP contribution in [0.15, 0.2) is 57.6 Å². The van der Waals surface area contributed by atoms with Gasteiger partial charge >= 0.3 is 42.5 Å². The second-order valence-corrected chi connectivity index (χ2v) is 19.0. The van der Waals surface area contributed by atoms with Crippen molar-refractivity contribution in [2.45, 2.75) is 74.3 Å². The molecule has 35 heteroatoms. The maximum absolute atomic E-state index is 13.9. The lowest BCUT2D eigenvalue weighted by molar-refractivity contribution is -0.292. The van der Waals surface area contributed by atoms with Crippen LogP contribution in [0, 0.1) is 0 Å². The van der Waals surface area contributed by atoms with Gasteiger partial charge in [0, 0.05) is 70.8 Å². The zero-order chi connectivity index (χ0) is 56.7. The van der Waals surface area contributed by atoms with Crippen LogP contribution in [0.25, 0.3) is 45.4 Å². The van der Waals surface area contributed by atoms with Crippen LogP contribution in [0.4, 0.5) is 70.2 Å². The van der Waals surface area contributed by atoms with Crippen molar-refractivity contribution in [2.75, 3.05) is 0 Å². The second kappa shape index (κ2) is 22.1.